The van der Waals surface area contributed by atoms with Crippen molar-refractivity contribution in [2.45, 2.75) is 19.9 Å². The second kappa shape index (κ2) is 4.12. The molecule has 58 valence electrons. The SMILES string of the molecule is C=C(C)/C=C(\NC)[C@H](C)N. The Labute approximate surface area is 62.8 Å². The molecule has 0 bridgehead atoms. The molecule has 0 amide bonds. The van der Waals surface area contributed by atoms with Gasteiger partial charge in [-0.3, -0.25) is 0 Å². The van der Waals surface area contributed by atoms with Crippen LogP contribution in [0.4, 0.5) is 0 Å². The van der Waals surface area contributed by atoms with Gasteiger partial charge in [-0.05, 0) is 19.9 Å². The number of nitrogens with two attached hydrogens (primary N) is 1. The summed E-state index contributed by atoms with van der Waals surface area (Å²) in [6, 6.07) is 0.0571. The molecule has 1 atom stereocenters. The third-order valence-electron chi connectivity index (χ3n) is 1.18. The van der Waals surface area contributed by atoms with E-state index in [2.05, 4.69) is 11.9 Å². The second-order valence-corrected chi connectivity index (χ2v) is 2.48. The van der Waals surface area contributed by atoms with Crippen LogP contribution in [-0.4, -0.2) is 13.1 Å². The first-order chi connectivity index (χ1) is 4.57. The highest BCUT2D eigenvalue weighted by Gasteiger charge is 1.98. The molecule has 0 spiro atoms. The maximum absolute atomic E-state index is 5.62. The molecule has 2 nitrogen and oxygen atoms in total. The van der Waals surface area contributed by atoms with Gasteiger partial charge in [0.1, 0.15) is 0 Å². The third kappa shape index (κ3) is 3.30. The van der Waals surface area contributed by atoms with Crippen molar-refractivity contribution in [1.29, 1.82) is 0 Å². The van der Waals surface area contributed by atoms with Gasteiger partial charge in [-0.25, -0.2) is 0 Å². The molecule has 0 aromatic carbocycles. The summed E-state index contributed by atoms with van der Waals surface area (Å²) >= 11 is 0. The van der Waals surface area contributed by atoms with Gasteiger partial charge in [-0.1, -0.05) is 12.2 Å². The summed E-state index contributed by atoms with van der Waals surface area (Å²) in [6.07, 6.45) is 1.95. The maximum atomic E-state index is 5.62. The monoisotopic (exact) mass is 140 g/mol. The van der Waals surface area contributed by atoms with Crippen LogP contribution in [0, 0.1) is 0 Å². The largest absolute Gasteiger partial charge is 0.390 e. The molecule has 0 aliphatic heterocycles. The van der Waals surface area contributed by atoms with E-state index in [-0.39, 0.29) is 6.04 Å². The van der Waals surface area contributed by atoms with Gasteiger partial charge in [-0.2, -0.15) is 0 Å². The fraction of sp³-hybridized carbons (Fsp3) is 0.500. The van der Waals surface area contributed by atoms with Gasteiger partial charge in [0.15, 0.2) is 0 Å². The van der Waals surface area contributed by atoms with Crippen LogP contribution >= 0.6 is 0 Å². The fourth-order valence-corrected chi connectivity index (χ4v) is 0.697. The van der Waals surface area contributed by atoms with Crippen LogP contribution in [0.25, 0.3) is 0 Å². The van der Waals surface area contributed by atoms with E-state index >= 15 is 0 Å². The zero-order valence-electron chi connectivity index (χ0n) is 6.94. The average Bonchev–Trinajstić information content (AvgIpc) is 1.81. The molecule has 0 aliphatic carbocycles. The van der Waals surface area contributed by atoms with Crippen molar-refractivity contribution in [3.8, 4) is 0 Å². The molecule has 2 heteroatoms. The van der Waals surface area contributed by atoms with Crippen molar-refractivity contribution in [1.82, 2.24) is 5.32 Å². The lowest BCUT2D eigenvalue weighted by Gasteiger charge is -2.09. The first kappa shape index (κ1) is 9.24. The van der Waals surface area contributed by atoms with Crippen LogP contribution < -0.4 is 11.1 Å². The molecule has 0 fully saturated rings. The number of likely N-dealkylation sites (N-methyl/N-ethyl adjacent to an activating group) is 1. The highest BCUT2D eigenvalue weighted by Crippen LogP contribution is 1.98. The van der Waals surface area contributed by atoms with Crippen LogP contribution in [0.2, 0.25) is 0 Å². The maximum Gasteiger partial charge on any atom is 0.0415 e. The van der Waals surface area contributed by atoms with E-state index in [0.29, 0.717) is 0 Å². The Morgan fingerprint density at radius 1 is 1.70 bits per heavy atom. The van der Waals surface area contributed by atoms with Gasteiger partial charge in [0.2, 0.25) is 0 Å². The minimum atomic E-state index is 0.0571. The van der Waals surface area contributed by atoms with Crippen LogP contribution in [0.5, 0.6) is 0 Å². The van der Waals surface area contributed by atoms with E-state index in [1.54, 1.807) is 0 Å². The van der Waals surface area contributed by atoms with Crippen molar-refractivity contribution < 1.29 is 0 Å². The van der Waals surface area contributed by atoms with Crippen LogP contribution in [0.1, 0.15) is 13.8 Å². The fourth-order valence-electron chi connectivity index (χ4n) is 0.697. The predicted molar refractivity (Wildman–Crippen MR) is 45.6 cm³/mol. The van der Waals surface area contributed by atoms with Crippen molar-refractivity contribution in [2.75, 3.05) is 7.05 Å². The summed E-state index contributed by atoms with van der Waals surface area (Å²) in [4.78, 5) is 0. The predicted octanol–water partition coefficient (Wildman–Crippen LogP) is 1.01. The molecule has 0 heterocycles. The summed E-state index contributed by atoms with van der Waals surface area (Å²) in [5, 5.41) is 3.01. The lowest BCUT2D eigenvalue weighted by molar-refractivity contribution is 0.772. The standard InChI is InChI=1S/C8H16N2/c1-6(2)5-8(10-4)7(3)9/h5,7,10H,1,9H2,2-4H3/b8-5-/t7-/m0/s1. The van der Waals surface area contributed by atoms with Gasteiger partial charge in [0, 0.05) is 18.8 Å². The smallest absolute Gasteiger partial charge is 0.0415 e. The molecule has 3 N–H and O–H groups in total. The van der Waals surface area contributed by atoms with Gasteiger partial charge < -0.3 is 11.1 Å². The van der Waals surface area contributed by atoms with E-state index in [9.17, 15) is 0 Å². The van der Waals surface area contributed by atoms with Gasteiger partial charge in [0.05, 0.1) is 0 Å². The van der Waals surface area contributed by atoms with E-state index < -0.39 is 0 Å². The molecular formula is C8H16N2. The highest BCUT2D eigenvalue weighted by atomic mass is 14.9. The summed E-state index contributed by atoms with van der Waals surface area (Å²) in [5.74, 6) is 0. The van der Waals surface area contributed by atoms with E-state index in [0.717, 1.165) is 11.3 Å². The Bertz CT molecular complexity index is 145. The highest BCUT2D eigenvalue weighted by molar-refractivity contribution is 5.20. The molecule has 0 aromatic heterocycles. The minimum Gasteiger partial charge on any atom is -0.390 e. The van der Waals surface area contributed by atoms with Crippen molar-refractivity contribution in [3.63, 3.8) is 0 Å². The molecule has 0 saturated heterocycles. The Morgan fingerprint density at radius 3 is 2.30 bits per heavy atom. The number of hydrogen-bond donors (Lipinski definition) is 2. The van der Waals surface area contributed by atoms with E-state index in [1.807, 2.05) is 27.0 Å². The summed E-state index contributed by atoms with van der Waals surface area (Å²) in [5.41, 5.74) is 7.66. The first-order valence-electron chi connectivity index (χ1n) is 3.38. The van der Waals surface area contributed by atoms with E-state index in [4.69, 9.17) is 5.73 Å². The zero-order valence-corrected chi connectivity index (χ0v) is 6.94. The second-order valence-electron chi connectivity index (χ2n) is 2.48. The molecule has 0 rings (SSSR count). The molecule has 0 aromatic rings. The number of rotatable bonds is 3. The van der Waals surface area contributed by atoms with Crippen LogP contribution in [-0.2, 0) is 0 Å². The molecule has 0 unspecified atom stereocenters. The number of allylic oxidation sites excluding steroid dienone is 2. The lowest BCUT2D eigenvalue weighted by atomic mass is 10.2. The van der Waals surface area contributed by atoms with Crippen molar-refractivity contribution in [2.24, 2.45) is 5.73 Å². The van der Waals surface area contributed by atoms with Gasteiger partial charge in [-0.15, -0.1) is 0 Å². The minimum absolute atomic E-state index is 0.0571. The van der Waals surface area contributed by atoms with E-state index in [1.165, 1.54) is 0 Å². The van der Waals surface area contributed by atoms with Crippen LogP contribution in [0.3, 0.4) is 0 Å². The third-order valence-corrected chi connectivity index (χ3v) is 1.18. The number of hydrogen-bond acceptors (Lipinski definition) is 2. The molecule has 0 aliphatic rings. The normalized spacial score (nSPS) is 14.6. The molecule has 0 saturated carbocycles. The quantitative estimate of drug-likeness (QED) is 0.574. The molecule has 10 heavy (non-hydrogen) atoms. The van der Waals surface area contributed by atoms with Crippen molar-refractivity contribution >= 4 is 0 Å². The average molecular weight is 140 g/mol. The van der Waals surface area contributed by atoms with Gasteiger partial charge in [0.25, 0.3) is 0 Å². The summed E-state index contributed by atoms with van der Waals surface area (Å²) in [6.45, 7) is 7.63. The van der Waals surface area contributed by atoms with Crippen LogP contribution in [0.15, 0.2) is 23.9 Å². The Morgan fingerprint density at radius 2 is 2.20 bits per heavy atom. The molecular weight excluding hydrogens is 124 g/mol. The first-order valence-corrected chi connectivity index (χ1v) is 3.38. The molecule has 0 radical (unpaired) electrons. The Kier molecular flexibility index (Phi) is 3.81. The number of nitrogens with one attached hydrogen (secondary N) is 1. The Balaban J connectivity index is 4.18. The van der Waals surface area contributed by atoms with Gasteiger partial charge >= 0.3 is 0 Å². The lowest BCUT2D eigenvalue weighted by Crippen LogP contribution is -2.26. The van der Waals surface area contributed by atoms with Crippen molar-refractivity contribution in [3.05, 3.63) is 23.9 Å². The topological polar surface area (TPSA) is 38.0 Å². The summed E-state index contributed by atoms with van der Waals surface area (Å²) in [7, 11) is 1.86. The zero-order chi connectivity index (χ0) is 8.15. The Hall–Kier alpha value is -0.760. The summed E-state index contributed by atoms with van der Waals surface area (Å²) < 4.78 is 0.